The number of aromatic nitrogens is 3. The first-order chi connectivity index (χ1) is 10.2. The molecule has 0 fully saturated rings. The molecule has 2 rings (SSSR count). The predicted octanol–water partition coefficient (Wildman–Crippen LogP) is 2.06. The Morgan fingerprint density at radius 3 is 3.05 bits per heavy atom. The van der Waals surface area contributed by atoms with E-state index in [1.165, 1.54) is 18.9 Å². The van der Waals surface area contributed by atoms with Crippen LogP contribution in [0.25, 0.3) is 0 Å². The predicted molar refractivity (Wildman–Crippen MR) is 81.1 cm³/mol. The Bertz CT molecular complexity index is 621. The molecule has 0 radical (unpaired) electrons. The van der Waals surface area contributed by atoms with Crippen LogP contribution in [-0.4, -0.2) is 33.8 Å². The van der Waals surface area contributed by atoms with E-state index in [1.807, 2.05) is 19.1 Å². The normalized spacial score (nSPS) is 10.2. The van der Waals surface area contributed by atoms with Crippen molar-refractivity contribution in [2.45, 2.75) is 18.5 Å². The third-order valence-corrected chi connectivity index (χ3v) is 3.61. The van der Waals surface area contributed by atoms with Gasteiger partial charge in [-0.25, -0.2) is 4.98 Å². The van der Waals surface area contributed by atoms with Crippen LogP contribution in [0.1, 0.15) is 11.3 Å². The van der Waals surface area contributed by atoms with Crippen molar-refractivity contribution in [3.63, 3.8) is 0 Å². The monoisotopic (exact) mass is 304 g/mol. The molecule has 0 aliphatic carbocycles. The smallest absolute Gasteiger partial charge is 0.316 e. The van der Waals surface area contributed by atoms with Crippen LogP contribution in [0.15, 0.2) is 35.7 Å². The number of ether oxygens (including phenoxy) is 1. The molecule has 1 N–H and O–H groups in total. The molecule has 6 nitrogen and oxygen atoms in total. The zero-order valence-corrected chi connectivity index (χ0v) is 12.7. The van der Waals surface area contributed by atoms with E-state index < -0.39 is 0 Å². The number of hydrogen-bond donors (Lipinski definition) is 1. The number of esters is 1. The number of carbonyl (C=O) groups excluding carboxylic acids is 1. The Morgan fingerprint density at radius 1 is 1.43 bits per heavy atom. The largest absolute Gasteiger partial charge is 0.468 e. The van der Waals surface area contributed by atoms with E-state index >= 15 is 0 Å². The summed E-state index contributed by atoms with van der Waals surface area (Å²) in [5, 5.41) is 3.85. The second-order valence-electron chi connectivity index (χ2n) is 4.23. The molecule has 110 valence electrons. The fourth-order valence-corrected chi connectivity index (χ4v) is 2.25. The topological polar surface area (TPSA) is 77.0 Å². The van der Waals surface area contributed by atoms with Gasteiger partial charge in [-0.05, 0) is 18.6 Å². The van der Waals surface area contributed by atoms with E-state index in [0.29, 0.717) is 17.4 Å². The Balaban J connectivity index is 1.95. The van der Waals surface area contributed by atoms with E-state index in [-0.39, 0.29) is 11.7 Å². The number of pyridine rings is 1. The quantitative estimate of drug-likeness (QED) is 0.646. The highest BCUT2D eigenvalue weighted by Crippen LogP contribution is 2.16. The highest BCUT2D eigenvalue weighted by Gasteiger charge is 2.05. The fraction of sp³-hybridized carbons (Fsp3) is 0.286. The zero-order valence-electron chi connectivity index (χ0n) is 11.9. The van der Waals surface area contributed by atoms with Gasteiger partial charge in [-0.15, -0.1) is 0 Å². The van der Waals surface area contributed by atoms with Crippen molar-refractivity contribution in [1.29, 1.82) is 0 Å². The van der Waals surface area contributed by atoms with Gasteiger partial charge in [-0.2, -0.15) is 0 Å². The third-order valence-electron chi connectivity index (χ3n) is 2.73. The van der Waals surface area contributed by atoms with Gasteiger partial charge in [0.05, 0.1) is 37.5 Å². The van der Waals surface area contributed by atoms with E-state index in [0.717, 1.165) is 11.3 Å². The van der Waals surface area contributed by atoms with Crippen LogP contribution in [-0.2, 0) is 16.1 Å². The minimum absolute atomic E-state index is 0.216. The standard InChI is InChI=1S/C14H16N4O2S/c1-10-4-3-5-16-11(10)6-17-12-7-15-8-13(18-12)21-9-14(19)20-2/h3-5,7-8H,6,9H2,1-2H3,(H,17,18). The lowest BCUT2D eigenvalue weighted by Crippen LogP contribution is -2.06. The minimum Gasteiger partial charge on any atom is -0.468 e. The van der Waals surface area contributed by atoms with Crippen molar-refractivity contribution in [3.8, 4) is 0 Å². The van der Waals surface area contributed by atoms with Crippen LogP contribution in [0.4, 0.5) is 5.82 Å². The Morgan fingerprint density at radius 2 is 2.29 bits per heavy atom. The fourth-order valence-electron chi connectivity index (χ4n) is 1.57. The average molecular weight is 304 g/mol. The lowest BCUT2D eigenvalue weighted by Gasteiger charge is -2.08. The van der Waals surface area contributed by atoms with Gasteiger partial charge in [-0.3, -0.25) is 14.8 Å². The molecule has 0 atom stereocenters. The first-order valence-electron chi connectivity index (χ1n) is 6.35. The Hall–Kier alpha value is -2.15. The molecule has 2 heterocycles. The molecular weight excluding hydrogens is 288 g/mol. The number of aryl methyl sites for hydroxylation is 1. The van der Waals surface area contributed by atoms with Gasteiger partial charge in [0.1, 0.15) is 10.8 Å². The Labute approximate surface area is 127 Å². The molecule has 2 aromatic rings. The van der Waals surface area contributed by atoms with Crippen LogP contribution >= 0.6 is 11.8 Å². The van der Waals surface area contributed by atoms with Crippen molar-refractivity contribution in [2.24, 2.45) is 0 Å². The van der Waals surface area contributed by atoms with Crippen LogP contribution in [0.5, 0.6) is 0 Å². The lowest BCUT2D eigenvalue weighted by molar-refractivity contribution is -0.137. The Kier molecular flexibility index (Phi) is 5.51. The first kappa shape index (κ1) is 15.2. The molecule has 0 aliphatic heterocycles. The van der Waals surface area contributed by atoms with E-state index in [9.17, 15) is 4.79 Å². The number of carbonyl (C=O) groups is 1. The van der Waals surface area contributed by atoms with Gasteiger partial charge in [0, 0.05) is 6.20 Å². The van der Waals surface area contributed by atoms with Gasteiger partial charge in [0.15, 0.2) is 0 Å². The summed E-state index contributed by atoms with van der Waals surface area (Å²) >= 11 is 1.29. The molecule has 2 aromatic heterocycles. The first-order valence-corrected chi connectivity index (χ1v) is 7.33. The van der Waals surface area contributed by atoms with Gasteiger partial charge in [0.2, 0.25) is 0 Å². The summed E-state index contributed by atoms with van der Waals surface area (Å²) in [5.41, 5.74) is 2.08. The van der Waals surface area contributed by atoms with Crippen molar-refractivity contribution >= 4 is 23.5 Å². The summed E-state index contributed by atoms with van der Waals surface area (Å²) in [6.07, 6.45) is 5.02. The SMILES string of the molecule is COC(=O)CSc1cncc(NCc2ncccc2C)n1. The molecule has 0 amide bonds. The number of hydrogen-bond acceptors (Lipinski definition) is 7. The molecule has 7 heteroatoms. The molecule has 0 unspecified atom stereocenters. The number of anilines is 1. The summed E-state index contributed by atoms with van der Waals surface area (Å²) in [7, 11) is 1.36. The second kappa shape index (κ2) is 7.58. The van der Waals surface area contributed by atoms with Crippen molar-refractivity contribution in [2.75, 3.05) is 18.2 Å². The molecule has 0 aromatic carbocycles. The summed E-state index contributed by atoms with van der Waals surface area (Å²) in [4.78, 5) is 23.9. The summed E-state index contributed by atoms with van der Waals surface area (Å²) in [6.45, 7) is 2.59. The van der Waals surface area contributed by atoms with Crippen molar-refractivity contribution in [3.05, 3.63) is 42.0 Å². The molecule has 0 aliphatic rings. The number of thioether (sulfide) groups is 1. The van der Waals surface area contributed by atoms with Crippen LogP contribution in [0.3, 0.4) is 0 Å². The maximum atomic E-state index is 11.1. The maximum absolute atomic E-state index is 11.1. The van der Waals surface area contributed by atoms with Crippen LogP contribution in [0.2, 0.25) is 0 Å². The molecular formula is C14H16N4O2S. The number of nitrogens with zero attached hydrogens (tertiary/aromatic N) is 3. The van der Waals surface area contributed by atoms with Crippen LogP contribution < -0.4 is 5.32 Å². The van der Waals surface area contributed by atoms with Gasteiger partial charge in [0.25, 0.3) is 0 Å². The van der Waals surface area contributed by atoms with E-state index in [1.54, 1.807) is 18.6 Å². The minimum atomic E-state index is -0.288. The van der Waals surface area contributed by atoms with E-state index in [4.69, 9.17) is 0 Å². The van der Waals surface area contributed by atoms with Gasteiger partial charge >= 0.3 is 5.97 Å². The molecule has 21 heavy (non-hydrogen) atoms. The van der Waals surface area contributed by atoms with Crippen LogP contribution in [0, 0.1) is 6.92 Å². The van der Waals surface area contributed by atoms with E-state index in [2.05, 4.69) is 25.0 Å². The highest BCUT2D eigenvalue weighted by molar-refractivity contribution is 7.99. The lowest BCUT2D eigenvalue weighted by atomic mass is 10.2. The van der Waals surface area contributed by atoms with Gasteiger partial charge < -0.3 is 10.1 Å². The zero-order chi connectivity index (χ0) is 15.1. The summed E-state index contributed by atoms with van der Waals surface area (Å²) < 4.78 is 4.59. The highest BCUT2D eigenvalue weighted by atomic mass is 32.2. The number of rotatable bonds is 6. The second-order valence-corrected chi connectivity index (χ2v) is 5.22. The summed E-state index contributed by atoms with van der Waals surface area (Å²) in [6, 6.07) is 3.92. The molecule has 0 spiro atoms. The third kappa shape index (κ3) is 4.71. The van der Waals surface area contributed by atoms with Crippen molar-refractivity contribution < 1.29 is 9.53 Å². The molecule has 0 bridgehead atoms. The van der Waals surface area contributed by atoms with Crippen molar-refractivity contribution in [1.82, 2.24) is 15.0 Å². The average Bonchev–Trinajstić information content (AvgIpc) is 2.52. The maximum Gasteiger partial charge on any atom is 0.316 e. The number of methoxy groups -OCH3 is 1. The van der Waals surface area contributed by atoms with Gasteiger partial charge in [-0.1, -0.05) is 17.8 Å². The number of nitrogens with one attached hydrogen (secondary N) is 1. The molecule has 0 saturated carbocycles. The summed E-state index contributed by atoms with van der Waals surface area (Å²) in [5.74, 6) is 0.577. The molecule has 0 saturated heterocycles.